The van der Waals surface area contributed by atoms with Crippen LogP contribution < -0.4 is 10.5 Å². The molecule has 0 bridgehead atoms. The molecule has 7 heteroatoms. The fourth-order valence-electron chi connectivity index (χ4n) is 2.47. The van der Waals surface area contributed by atoms with Crippen molar-refractivity contribution in [1.29, 1.82) is 0 Å². The number of benzene rings is 1. The Bertz CT molecular complexity index is 583. The molecule has 1 atom stereocenters. The summed E-state index contributed by atoms with van der Waals surface area (Å²) in [4.78, 5) is 0.181. The summed E-state index contributed by atoms with van der Waals surface area (Å²) in [6, 6.07) is 4.51. The van der Waals surface area contributed by atoms with Gasteiger partial charge in [0.05, 0.1) is 24.3 Å². The molecule has 2 N–H and O–H groups in total. The lowest BCUT2D eigenvalue weighted by atomic mass is 10.0. The number of anilines is 1. The van der Waals surface area contributed by atoms with Gasteiger partial charge < -0.3 is 15.2 Å². The maximum atomic E-state index is 12.5. The molecule has 6 nitrogen and oxygen atoms in total. The minimum atomic E-state index is -3.54. The number of sulfonamides is 1. The van der Waals surface area contributed by atoms with Gasteiger partial charge in [0, 0.05) is 20.2 Å². The van der Waals surface area contributed by atoms with Crippen molar-refractivity contribution < 1.29 is 17.9 Å². The van der Waals surface area contributed by atoms with E-state index in [1.165, 1.54) is 23.5 Å². The molecular formula is C14H22N2O4S. The zero-order chi connectivity index (χ0) is 15.5. The van der Waals surface area contributed by atoms with Crippen molar-refractivity contribution in [1.82, 2.24) is 4.31 Å². The molecule has 0 saturated carbocycles. The van der Waals surface area contributed by atoms with Gasteiger partial charge in [-0.25, -0.2) is 12.7 Å². The number of methoxy groups -OCH3 is 1. The normalized spacial score (nSPS) is 19.7. The van der Waals surface area contributed by atoms with Gasteiger partial charge >= 0.3 is 0 Å². The average Bonchev–Trinajstić information content (AvgIpc) is 2.48. The predicted octanol–water partition coefficient (Wildman–Crippen LogP) is 1.32. The van der Waals surface area contributed by atoms with E-state index in [0.29, 0.717) is 24.6 Å². The van der Waals surface area contributed by atoms with Crippen LogP contribution in [0.2, 0.25) is 0 Å². The van der Waals surface area contributed by atoms with E-state index in [1.54, 1.807) is 13.1 Å². The molecule has 118 valence electrons. The van der Waals surface area contributed by atoms with Gasteiger partial charge in [0.2, 0.25) is 10.0 Å². The van der Waals surface area contributed by atoms with E-state index in [1.807, 2.05) is 0 Å². The quantitative estimate of drug-likeness (QED) is 0.829. The highest BCUT2D eigenvalue weighted by atomic mass is 32.2. The Morgan fingerprint density at radius 2 is 2.24 bits per heavy atom. The number of hydrogen-bond acceptors (Lipinski definition) is 5. The van der Waals surface area contributed by atoms with Crippen LogP contribution >= 0.6 is 0 Å². The molecule has 0 aromatic heterocycles. The van der Waals surface area contributed by atoms with Crippen molar-refractivity contribution in [2.75, 3.05) is 39.6 Å². The van der Waals surface area contributed by atoms with Gasteiger partial charge in [0.1, 0.15) is 5.75 Å². The second-order valence-electron chi connectivity index (χ2n) is 5.27. The summed E-state index contributed by atoms with van der Waals surface area (Å²) in [5, 5.41) is 0. The lowest BCUT2D eigenvalue weighted by Crippen LogP contribution is -2.35. The maximum Gasteiger partial charge on any atom is 0.242 e. The highest BCUT2D eigenvalue weighted by molar-refractivity contribution is 7.89. The Hall–Kier alpha value is -1.31. The minimum Gasteiger partial charge on any atom is -0.495 e. The molecule has 1 fully saturated rings. The first kappa shape index (κ1) is 16.1. The van der Waals surface area contributed by atoms with Crippen molar-refractivity contribution in [3.63, 3.8) is 0 Å². The van der Waals surface area contributed by atoms with Crippen LogP contribution in [0.15, 0.2) is 23.1 Å². The van der Waals surface area contributed by atoms with Gasteiger partial charge in [-0.3, -0.25) is 0 Å². The molecule has 2 rings (SSSR count). The van der Waals surface area contributed by atoms with Gasteiger partial charge in [-0.2, -0.15) is 0 Å². The SMILES string of the molecule is COc1ccc(S(=O)(=O)N(C)CC2CCCOC2)cc1N. The summed E-state index contributed by atoms with van der Waals surface area (Å²) in [7, 11) is -0.461. The summed E-state index contributed by atoms with van der Waals surface area (Å²) in [6.45, 7) is 1.83. The molecule has 0 spiro atoms. The monoisotopic (exact) mass is 314 g/mol. The Morgan fingerprint density at radius 3 is 2.81 bits per heavy atom. The molecular weight excluding hydrogens is 292 g/mol. The van der Waals surface area contributed by atoms with E-state index >= 15 is 0 Å². The molecule has 1 aliphatic rings. The van der Waals surface area contributed by atoms with Gasteiger partial charge in [-0.1, -0.05) is 0 Å². The largest absolute Gasteiger partial charge is 0.495 e. The molecule has 1 aromatic carbocycles. The van der Waals surface area contributed by atoms with Crippen molar-refractivity contribution in [3.05, 3.63) is 18.2 Å². The first-order chi connectivity index (χ1) is 9.95. The molecule has 1 heterocycles. The van der Waals surface area contributed by atoms with Crippen LogP contribution in [0, 0.1) is 5.92 Å². The van der Waals surface area contributed by atoms with Gasteiger partial charge in [0.25, 0.3) is 0 Å². The maximum absolute atomic E-state index is 12.5. The van der Waals surface area contributed by atoms with Gasteiger partial charge in [-0.05, 0) is 37.0 Å². The highest BCUT2D eigenvalue weighted by Gasteiger charge is 2.25. The van der Waals surface area contributed by atoms with Crippen molar-refractivity contribution in [3.8, 4) is 5.75 Å². The fourth-order valence-corrected chi connectivity index (χ4v) is 3.75. The van der Waals surface area contributed by atoms with Crippen molar-refractivity contribution in [2.24, 2.45) is 5.92 Å². The molecule has 1 aliphatic heterocycles. The highest BCUT2D eigenvalue weighted by Crippen LogP contribution is 2.26. The van der Waals surface area contributed by atoms with Gasteiger partial charge in [0.15, 0.2) is 0 Å². The minimum absolute atomic E-state index is 0.181. The number of nitrogens with zero attached hydrogens (tertiary/aromatic N) is 1. The molecule has 0 aliphatic carbocycles. The average molecular weight is 314 g/mol. The molecule has 0 radical (unpaired) electrons. The summed E-state index contributed by atoms with van der Waals surface area (Å²) >= 11 is 0. The number of nitrogen functional groups attached to an aromatic ring is 1. The van der Waals surface area contributed by atoms with E-state index in [0.717, 1.165) is 19.4 Å². The summed E-state index contributed by atoms with van der Waals surface area (Å²) < 4.78 is 36.9. The Kier molecular flexibility index (Phi) is 5.08. The number of ether oxygens (including phenoxy) is 2. The smallest absolute Gasteiger partial charge is 0.242 e. The first-order valence-electron chi connectivity index (χ1n) is 6.92. The van der Waals surface area contributed by atoms with Crippen LogP contribution in [0.5, 0.6) is 5.75 Å². The summed E-state index contributed by atoms with van der Waals surface area (Å²) in [6.07, 6.45) is 1.97. The Balaban J connectivity index is 2.14. The van der Waals surface area contributed by atoms with Crippen LogP contribution in [-0.2, 0) is 14.8 Å². The predicted molar refractivity (Wildman–Crippen MR) is 80.8 cm³/mol. The van der Waals surface area contributed by atoms with Crippen LogP contribution in [0.4, 0.5) is 5.69 Å². The molecule has 1 aromatic rings. The third-order valence-electron chi connectivity index (χ3n) is 3.68. The van der Waals surface area contributed by atoms with Gasteiger partial charge in [-0.15, -0.1) is 0 Å². The fraction of sp³-hybridized carbons (Fsp3) is 0.571. The molecule has 1 saturated heterocycles. The zero-order valence-electron chi connectivity index (χ0n) is 12.4. The number of nitrogens with two attached hydrogens (primary N) is 1. The van der Waals surface area contributed by atoms with Crippen molar-refractivity contribution >= 4 is 15.7 Å². The van der Waals surface area contributed by atoms with Crippen LogP contribution in [0.3, 0.4) is 0 Å². The van der Waals surface area contributed by atoms with E-state index in [-0.39, 0.29) is 10.8 Å². The zero-order valence-corrected chi connectivity index (χ0v) is 13.2. The van der Waals surface area contributed by atoms with Crippen LogP contribution in [0.1, 0.15) is 12.8 Å². The second-order valence-corrected chi connectivity index (χ2v) is 7.32. The van der Waals surface area contributed by atoms with E-state index in [2.05, 4.69) is 0 Å². The van der Waals surface area contributed by atoms with Crippen LogP contribution in [0.25, 0.3) is 0 Å². The third-order valence-corrected chi connectivity index (χ3v) is 5.50. The summed E-state index contributed by atoms with van der Waals surface area (Å²) in [5.74, 6) is 0.714. The van der Waals surface area contributed by atoms with E-state index in [9.17, 15) is 8.42 Å². The first-order valence-corrected chi connectivity index (χ1v) is 8.36. The lowest BCUT2D eigenvalue weighted by Gasteiger charge is -2.26. The molecule has 21 heavy (non-hydrogen) atoms. The Morgan fingerprint density at radius 1 is 1.48 bits per heavy atom. The third kappa shape index (κ3) is 3.66. The lowest BCUT2D eigenvalue weighted by molar-refractivity contribution is 0.0495. The number of hydrogen-bond donors (Lipinski definition) is 1. The van der Waals surface area contributed by atoms with E-state index < -0.39 is 10.0 Å². The molecule has 1 unspecified atom stereocenters. The summed E-state index contributed by atoms with van der Waals surface area (Å²) in [5.41, 5.74) is 6.10. The second kappa shape index (κ2) is 6.64. The van der Waals surface area contributed by atoms with E-state index in [4.69, 9.17) is 15.2 Å². The standard InChI is InChI=1S/C14H22N2O4S/c1-16(9-11-4-3-7-20-10-11)21(17,18)12-5-6-14(19-2)13(15)8-12/h5-6,8,11H,3-4,7,9-10,15H2,1-2H3. The molecule has 0 amide bonds. The Labute approximate surface area is 125 Å². The van der Waals surface area contributed by atoms with Crippen LogP contribution in [-0.4, -0.2) is 46.6 Å². The van der Waals surface area contributed by atoms with Crippen molar-refractivity contribution in [2.45, 2.75) is 17.7 Å². The topological polar surface area (TPSA) is 81.9 Å². The number of rotatable bonds is 5.